The summed E-state index contributed by atoms with van der Waals surface area (Å²) in [6.07, 6.45) is 7.66. The first kappa shape index (κ1) is 13.1. The van der Waals surface area contributed by atoms with Gasteiger partial charge >= 0.3 is 5.97 Å². The molecule has 0 N–H and O–H groups in total. The van der Waals surface area contributed by atoms with Gasteiger partial charge in [-0.25, -0.2) is 9.78 Å². The summed E-state index contributed by atoms with van der Waals surface area (Å²) in [6, 6.07) is 0. The van der Waals surface area contributed by atoms with Gasteiger partial charge in [0.2, 0.25) is 5.76 Å². The molecular formula is C14H21NO3. The second kappa shape index (κ2) is 6.03. The summed E-state index contributed by atoms with van der Waals surface area (Å²) in [5.41, 5.74) is 0.748. The summed E-state index contributed by atoms with van der Waals surface area (Å²) >= 11 is 0. The normalized spacial score (nSPS) is 16.1. The van der Waals surface area contributed by atoms with Crippen molar-refractivity contribution < 1.29 is 13.9 Å². The summed E-state index contributed by atoms with van der Waals surface area (Å²) in [5, 5.41) is 0. The van der Waals surface area contributed by atoms with Crippen LogP contribution >= 0.6 is 0 Å². The Balaban J connectivity index is 2.13. The van der Waals surface area contributed by atoms with Gasteiger partial charge in [-0.1, -0.05) is 26.2 Å². The molecule has 1 saturated carbocycles. The highest BCUT2D eigenvalue weighted by molar-refractivity contribution is 5.87. The molecule has 0 amide bonds. The number of nitrogens with zero attached hydrogens (tertiary/aromatic N) is 1. The van der Waals surface area contributed by atoms with E-state index in [4.69, 9.17) is 9.15 Å². The van der Waals surface area contributed by atoms with E-state index < -0.39 is 5.97 Å². The average molecular weight is 251 g/mol. The van der Waals surface area contributed by atoms with Crippen molar-refractivity contribution in [1.82, 2.24) is 4.98 Å². The van der Waals surface area contributed by atoms with Gasteiger partial charge < -0.3 is 9.15 Å². The molecular weight excluding hydrogens is 230 g/mol. The second-order valence-electron chi connectivity index (χ2n) is 4.98. The van der Waals surface area contributed by atoms with Gasteiger partial charge in [-0.15, -0.1) is 0 Å². The SMILES string of the molecule is CCCc1nc(CC2CCCC2)oc1C(=O)OC. The minimum atomic E-state index is -0.413. The largest absolute Gasteiger partial charge is 0.463 e. The lowest BCUT2D eigenvalue weighted by atomic mass is 10.0. The van der Waals surface area contributed by atoms with E-state index in [-0.39, 0.29) is 0 Å². The van der Waals surface area contributed by atoms with Gasteiger partial charge in [-0.3, -0.25) is 0 Å². The van der Waals surface area contributed by atoms with E-state index in [1.165, 1.54) is 32.8 Å². The van der Waals surface area contributed by atoms with E-state index in [1.807, 2.05) is 0 Å². The predicted octanol–water partition coefficient (Wildman–Crippen LogP) is 3.15. The van der Waals surface area contributed by atoms with Crippen LogP contribution in [0.5, 0.6) is 0 Å². The molecule has 0 aromatic carbocycles. The summed E-state index contributed by atoms with van der Waals surface area (Å²) < 4.78 is 10.3. The fourth-order valence-corrected chi connectivity index (χ4v) is 2.61. The molecule has 2 rings (SSSR count). The molecule has 1 heterocycles. The third-order valence-corrected chi connectivity index (χ3v) is 3.54. The molecule has 0 spiro atoms. The topological polar surface area (TPSA) is 52.3 Å². The zero-order valence-electron chi connectivity index (χ0n) is 11.2. The maximum atomic E-state index is 11.6. The van der Waals surface area contributed by atoms with E-state index in [9.17, 15) is 4.79 Å². The van der Waals surface area contributed by atoms with E-state index >= 15 is 0 Å². The molecule has 1 aliphatic rings. The van der Waals surface area contributed by atoms with Crippen molar-refractivity contribution in [3.8, 4) is 0 Å². The second-order valence-corrected chi connectivity index (χ2v) is 4.98. The standard InChI is InChI=1S/C14H21NO3/c1-3-6-11-13(14(16)17-2)18-12(15-11)9-10-7-4-5-8-10/h10H,3-9H2,1-2H3. The first-order valence-electron chi connectivity index (χ1n) is 6.81. The van der Waals surface area contributed by atoms with Crippen LogP contribution < -0.4 is 0 Å². The Bertz CT molecular complexity index is 405. The van der Waals surface area contributed by atoms with Crippen molar-refractivity contribution in [3.05, 3.63) is 17.3 Å². The van der Waals surface area contributed by atoms with Crippen LogP contribution in [-0.4, -0.2) is 18.1 Å². The number of aryl methyl sites for hydroxylation is 1. The van der Waals surface area contributed by atoms with Crippen molar-refractivity contribution in [3.63, 3.8) is 0 Å². The van der Waals surface area contributed by atoms with E-state index in [1.54, 1.807) is 0 Å². The highest BCUT2D eigenvalue weighted by atomic mass is 16.5. The van der Waals surface area contributed by atoms with Crippen LogP contribution in [0.2, 0.25) is 0 Å². The monoisotopic (exact) mass is 251 g/mol. The lowest BCUT2D eigenvalue weighted by molar-refractivity contribution is 0.0561. The van der Waals surface area contributed by atoms with Crippen LogP contribution in [0.4, 0.5) is 0 Å². The Morgan fingerprint density at radius 2 is 2.17 bits per heavy atom. The smallest absolute Gasteiger partial charge is 0.375 e. The van der Waals surface area contributed by atoms with Crippen LogP contribution in [0.3, 0.4) is 0 Å². The van der Waals surface area contributed by atoms with Crippen LogP contribution in [0.15, 0.2) is 4.42 Å². The number of esters is 1. The Labute approximate surface area is 108 Å². The number of methoxy groups -OCH3 is 1. The molecule has 0 bridgehead atoms. The van der Waals surface area contributed by atoms with Crippen molar-refractivity contribution in [2.75, 3.05) is 7.11 Å². The molecule has 4 nitrogen and oxygen atoms in total. The minimum Gasteiger partial charge on any atom is -0.463 e. The van der Waals surface area contributed by atoms with Gasteiger partial charge in [0.05, 0.1) is 12.8 Å². The average Bonchev–Trinajstić information content (AvgIpc) is 2.99. The highest BCUT2D eigenvalue weighted by Gasteiger charge is 2.23. The molecule has 0 unspecified atom stereocenters. The molecule has 4 heteroatoms. The molecule has 18 heavy (non-hydrogen) atoms. The number of carbonyl (C=O) groups is 1. The lowest BCUT2D eigenvalue weighted by Gasteiger charge is -2.03. The van der Waals surface area contributed by atoms with Gasteiger partial charge in [0.25, 0.3) is 0 Å². The van der Waals surface area contributed by atoms with Gasteiger partial charge in [0, 0.05) is 6.42 Å². The third kappa shape index (κ3) is 2.92. The Morgan fingerprint density at radius 3 is 2.78 bits per heavy atom. The Kier molecular flexibility index (Phi) is 4.39. The molecule has 1 aliphatic carbocycles. The lowest BCUT2D eigenvalue weighted by Crippen LogP contribution is -2.03. The third-order valence-electron chi connectivity index (χ3n) is 3.54. The molecule has 0 aliphatic heterocycles. The Morgan fingerprint density at radius 1 is 1.44 bits per heavy atom. The van der Waals surface area contributed by atoms with Crippen LogP contribution in [0.25, 0.3) is 0 Å². The molecule has 100 valence electrons. The van der Waals surface area contributed by atoms with Crippen LogP contribution in [-0.2, 0) is 17.6 Å². The fourth-order valence-electron chi connectivity index (χ4n) is 2.61. The van der Waals surface area contributed by atoms with Crippen molar-refractivity contribution in [2.45, 2.75) is 51.9 Å². The van der Waals surface area contributed by atoms with Gasteiger partial charge in [0.1, 0.15) is 0 Å². The summed E-state index contributed by atoms with van der Waals surface area (Å²) in [5.74, 6) is 1.25. The fraction of sp³-hybridized carbons (Fsp3) is 0.714. The highest BCUT2D eigenvalue weighted by Crippen LogP contribution is 2.28. The molecule has 1 aromatic rings. The van der Waals surface area contributed by atoms with E-state index in [0.29, 0.717) is 17.6 Å². The van der Waals surface area contributed by atoms with E-state index in [2.05, 4.69) is 11.9 Å². The van der Waals surface area contributed by atoms with E-state index in [0.717, 1.165) is 25.0 Å². The molecule has 1 fully saturated rings. The number of hydrogen-bond acceptors (Lipinski definition) is 4. The maximum Gasteiger partial charge on any atom is 0.375 e. The zero-order valence-corrected chi connectivity index (χ0v) is 11.2. The first-order valence-corrected chi connectivity index (χ1v) is 6.81. The summed E-state index contributed by atoms with van der Waals surface area (Å²) in [7, 11) is 1.37. The number of rotatable bonds is 5. The maximum absolute atomic E-state index is 11.6. The number of ether oxygens (including phenoxy) is 1. The van der Waals surface area contributed by atoms with Gasteiger partial charge in [0.15, 0.2) is 5.89 Å². The first-order chi connectivity index (χ1) is 8.74. The Hall–Kier alpha value is -1.32. The van der Waals surface area contributed by atoms with Crippen molar-refractivity contribution in [1.29, 1.82) is 0 Å². The number of carbonyl (C=O) groups excluding carboxylic acids is 1. The summed E-state index contributed by atoms with van der Waals surface area (Å²) in [4.78, 5) is 16.1. The van der Waals surface area contributed by atoms with Crippen LogP contribution in [0, 0.1) is 5.92 Å². The molecule has 0 saturated heterocycles. The quantitative estimate of drug-likeness (QED) is 0.754. The van der Waals surface area contributed by atoms with Crippen molar-refractivity contribution >= 4 is 5.97 Å². The number of aromatic nitrogens is 1. The van der Waals surface area contributed by atoms with Gasteiger partial charge in [-0.2, -0.15) is 0 Å². The van der Waals surface area contributed by atoms with Crippen LogP contribution in [0.1, 0.15) is 61.2 Å². The molecule has 0 atom stereocenters. The zero-order chi connectivity index (χ0) is 13.0. The molecule has 0 radical (unpaired) electrons. The van der Waals surface area contributed by atoms with Gasteiger partial charge in [-0.05, 0) is 25.2 Å². The molecule has 1 aromatic heterocycles. The summed E-state index contributed by atoms with van der Waals surface area (Å²) in [6.45, 7) is 2.06. The number of hydrogen-bond donors (Lipinski definition) is 0. The minimum absolute atomic E-state index is 0.298. The predicted molar refractivity (Wildman–Crippen MR) is 67.5 cm³/mol. The van der Waals surface area contributed by atoms with Crippen molar-refractivity contribution in [2.24, 2.45) is 5.92 Å². The number of oxazole rings is 1.